The summed E-state index contributed by atoms with van der Waals surface area (Å²) >= 11 is 5.34. The number of rotatable bonds is 8. The Hall–Kier alpha value is -0.360. The fourth-order valence-electron chi connectivity index (χ4n) is 0.547. The maximum absolute atomic E-state index is 8.14. The number of hydrogen-bond acceptors (Lipinski definition) is 5. The molecule has 0 aliphatic rings. The molecule has 0 bridgehead atoms. The van der Waals surface area contributed by atoms with Gasteiger partial charge in [0.1, 0.15) is 6.61 Å². The summed E-state index contributed by atoms with van der Waals surface area (Å²) in [5.74, 6) is 0. The highest BCUT2D eigenvalue weighted by atomic mass is 35.5. The maximum atomic E-state index is 8.14. The lowest BCUT2D eigenvalue weighted by atomic mass is 10.7. The van der Waals surface area contributed by atoms with Crippen LogP contribution >= 0.6 is 11.6 Å². The van der Waals surface area contributed by atoms with Gasteiger partial charge < -0.3 is 19.4 Å². The van der Waals surface area contributed by atoms with Crippen LogP contribution in [0.15, 0.2) is 5.16 Å². The zero-order chi connectivity index (χ0) is 9.94. The predicted octanol–water partition coefficient (Wildman–Crippen LogP) is 0.693. The first-order valence-corrected chi connectivity index (χ1v) is 4.20. The Balaban J connectivity index is 3.00. The van der Waals surface area contributed by atoms with Crippen LogP contribution < -0.4 is 0 Å². The molecule has 0 heterocycles. The van der Waals surface area contributed by atoms with Gasteiger partial charge in [0.2, 0.25) is 0 Å². The number of halogens is 1. The molecule has 6 heteroatoms. The first kappa shape index (κ1) is 12.6. The van der Waals surface area contributed by atoms with Crippen LogP contribution in [0.4, 0.5) is 0 Å². The number of ether oxygens (including phenoxy) is 3. The van der Waals surface area contributed by atoms with E-state index in [2.05, 4.69) is 5.16 Å². The normalized spacial score (nSPS) is 12.0. The molecule has 0 saturated heterocycles. The van der Waals surface area contributed by atoms with Crippen molar-refractivity contribution in [3.05, 3.63) is 0 Å². The van der Waals surface area contributed by atoms with Gasteiger partial charge in [-0.1, -0.05) is 16.8 Å². The second-order valence-corrected chi connectivity index (χ2v) is 2.57. The summed E-state index contributed by atoms with van der Waals surface area (Å²) in [5.41, 5.74) is 0. The van der Waals surface area contributed by atoms with E-state index in [9.17, 15) is 0 Å². The third-order valence-corrected chi connectivity index (χ3v) is 1.32. The van der Waals surface area contributed by atoms with E-state index >= 15 is 0 Å². The van der Waals surface area contributed by atoms with Gasteiger partial charge in [0.25, 0.3) is 0 Å². The summed E-state index contributed by atoms with van der Waals surface area (Å²) in [6, 6.07) is 0. The van der Waals surface area contributed by atoms with Gasteiger partial charge in [0.15, 0.2) is 5.17 Å². The molecular weight excluding hydrogens is 198 g/mol. The van der Waals surface area contributed by atoms with E-state index in [4.69, 9.17) is 31.0 Å². The van der Waals surface area contributed by atoms with E-state index < -0.39 is 0 Å². The van der Waals surface area contributed by atoms with Crippen LogP contribution in [-0.2, 0) is 14.2 Å². The molecule has 0 aliphatic heterocycles. The Morgan fingerprint density at radius 2 is 1.85 bits per heavy atom. The minimum Gasteiger partial charge on any atom is -0.410 e. The average Bonchev–Trinajstić information content (AvgIpc) is 2.16. The fourth-order valence-corrected chi connectivity index (χ4v) is 0.625. The zero-order valence-corrected chi connectivity index (χ0v) is 8.29. The largest absolute Gasteiger partial charge is 0.410 e. The smallest absolute Gasteiger partial charge is 0.170 e. The summed E-state index contributed by atoms with van der Waals surface area (Å²) in [4.78, 5) is 0. The molecule has 0 radical (unpaired) electrons. The molecule has 0 spiro atoms. The average molecular weight is 212 g/mol. The number of hydrogen-bond donors (Lipinski definition) is 1. The van der Waals surface area contributed by atoms with Gasteiger partial charge in [-0.15, -0.1) is 0 Å². The fraction of sp³-hybridized carbons (Fsp3) is 0.857. The van der Waals surface area contributed by atoms with Gasteiger partial charge in [-0.25, -0.2) is 0 Å². The van der Waals surface area contributed by atoms with Crippen LogP contribution in [0.5, 0.6) is 0 Å². The van der Waals surface area contributed by atoms with E-state index in [1.165, 1.54) is 0 Å². The standard InChI is InChI=1S/C7H14ClNO4/c1-11-2-3-12-4-5-13-6-7(8)9-10/h10H,2-6H2,1H3. The van der Waals surface area contributed by atoms with E-state index in [-0.39, 0.29) is 11.8 Å². The first-order chi connectivity index (χ1) is 6.31. The molecule has 1 N–H and O–H groups in total. The predicted molar refractivity (Wildman–Crippen MR) is 48.6 cm³/mol. The summed E-state index contributed by atoms with van der Waals surface area (Å²) in [6.45, 7) is 2.10. The van der Waals surface area contributed by atoms with Crippen molar-refractivity contribution in [2.45, 2.75) is 0 Å². The van der Waals surface area contributed by atoms with E-state index in [0.717, 1.165) is 0 Å². The van der Waals surface area contributed by atoms with E-state index in [1.807, 2.05) is 0 Å². The summed E-state index contributed by atoms with van der Waals surface area (Å²) < 4.78 is 14.8. The topological polar surface area (TPSA) is 60.3 Å². The highest BCUT2D eigenvalue weighted by Crippen LogP contribution is 1.86. The third kappa shape index (κ3) is 9.55. The highest BCUT2D eigenvalue weighted by Gasteiger charge is 1.94. The van der Waals surface area contributed by atoms with Crippen molar-refractivity contribution >= 4 is 16.8 Å². The Morgan fingerprint density at radius 3 is 2.46 bits per heavy atom. The van der Waals surface area contributed by atoms with Gasteiger partial charge in [0.05, 0.1) is 26.4 Å². The van der Waals surface area contributed by atoms with Gasteiger partial charge in [-0.3, -0.25) is 0 Å². The molecule has 0 atom stereocenters. The minimum atomic E-state index is 0.0249. The molecule has 5 nitrogen and oxygen atoms in total. The summed E-state index contributed by atoms with van der Waals surface area (Å²) in [6.07, 6.45) is 0. The van der Waals surface area contributed by atoms with Crippen molar-refractivity contribution in [1.82, 2.24) is 0 Å². The van der Waals surface area contributed by atoms with Crippen molar-refractivity contribution in [1.29, 1.82) is 0 Å². The van der Waals surface area contributed by atoms with Crippen LogP contribution in [0, 0.1) is 0 Å². The van der Waals surface area contributed by atoms with Crippen LogP contribution in [-0.4, -0.2) is 50.5 Å². The molecule has 0 aliphatic carbocycles. The van der Waals surface area contributed by atoms with E-state index in [0.29, 0.717) is 26.4 Å². The highest BCUT2D eigenvalue weighted by molar-refractivity contribution is 6.65. The van der Waals surface area contributed by atoms with Crippen LogP contribution in [0.1, 0.15) is 0 Å². The number of methoxy groups -OCH3 is 1. The summed E-state index contributed by atoms with van der Waals surface area (Å²) in [5, 5.41) is 10.9. The van der Waals surface area contributed by atoms with Gasteiger partial charge in [-0.2, -0.15) is 0 Å². The lowest BCUT2D eigenvalue weighted by Gasteiger charge is -2.03. The second-order valence-electron chi connectivity index (χ2n) is 2.13. The molecule has 0 saturated carbocycles. The molecule has 0 unspecified atom stereocenters. The first-order valence-electron chi connectivity index (χ1n) is 3.82. The lowest BCUT2D eigenvalue weighted by Crippen LogP contribution is -2.10. The summed E-state index contributed by atoms with van der Waals surface area (Å²) in [7, 11) is 1.61. The third-order valence-electron chi connectivity index (χ3n) is 1.13. The molecular formula is C7H14ClNO4. The maximum Gasteiger partial charge on any atom is 0.170 e. The van der Waals surface area contributed by atoms with E-state index in [1.54, 1.807) is 7.11 Å². The van der Waals surface area contributed by atoms with Gasteiger partial charge in [-0.05, 0) is 0 Å². The zero-order valence-electron chi connectivity index (χ0n) is 7.53. The van der Waals surface area contributed by atoms with Crippen molar-refractivity contribution < 1.29 is 19.4 Å². The number of oxime groups is 1. The van der Waals surface area contributed by atoms with Gasteiger partial charge in [0, 0.05) is 7.11 Å². The SMILES string of the molecule is COCCOCCOCC(Cl)=NO. The number of nitrogens with zero attached hydrogens (tertiary/aromatic N) is 1. The monoisotopic (exact) mass is 211 g/mol. The van der Waals surface area contributed by atoms with Crippen LogP contribution in [0.2, 0.25) is 0 Å². The quantitative estimate of drug-likeness (QED) is 0.278. The molecule has 0 amide bonds. The second kappa shape index (κ2) is 9.73. The van der Waals surface area contributed by atoms with Crippen molar-refractivity contribution in [2.24, 2.45) is 5.16 Å². The Morgan fingerprint density at radius 1 is 1.23 bits per heavy atom. The molecule has 78 valence electrons. The van der Waals surface area contributed by atoms with Crippen LogP contribution in [0.3, 0.4) is 0 Å². The minimum absolute atomic E-state index is 0.0249. The molecule has 0 fully saturated rings. The Labute approximate surface area is 82.2 Å². The van der Waals surface area contributed by atoms with Crippen molar-refractivity contribution in [2.75, 3.05) is 40.1 Å². The van der Waals surface area contributed by atoms with Gasteiger partial charge >= 0.3 is 0 Å². The lowest BCUT2D eigenvalue weighted by molar-refractivity contribution is 0.0334. The molecule has 0 aromatic rings. The molecule has 0 rings (SSSR count). The van der Waals surface area contributed by atoms with Crippen LogP contribution in [0.25, 0.3) is 0 Å². The Kier molecular flexibility index (Phi) is 9.46. The van der Waals surface area contributed by atoms with Crippen molar-refractivity contribution in [3.63, 3.8) is 0 Å². The molecule has 13 heavy (non-hydrogen) atoms. The van der Waals surface area contributed by atoms with Crippen molar-refractivity contribution in [3.8, 4) is 0 Å². The Bertz CT molecular complexity index is 142. The molecule has 0 aromatic carbocycles. The molecule has 0 aromatic heterocycles.